The van der Waals surface area contributed by atoms with Gasteiger partial charge in [-0.05, 0) is 37.1 Å². The second kappa shape index (κ2) is 9.19. The summed E-state index contributed by atoms with van der Waals surface area (Å²) in [5.41, 5.74) is 0.0113. The third-order valence-corrected chi connectivity index (χ3v) is 7.30. The predicted molar refractivity (Wildman–Crippen MR) is 110 cm³/mol. The largest absolute Gasteiger partial charge is 0.357 e. The van der Waals surface area contributed by atoms with Crippen LogP contribution in [0.5, 0.6) is 0 Å². The molecule has 0 amide bonds. The molecule has 1 aromatic heterocycles. The predicted octanol–water partition coefficient (Wildman–Crippen LogP) is 2.25. The lowest BCUT2D eigenvalue weighted by Crippen LogP contribution is -2.44. The van der Waals surface area contributed by atoms with Crippen molar-refractivity contribution in [2.45, 2.75) is 39.0 Å². The lowest BCUT2D eigenvalue weighted by molar-refractivity contribution is 0.275. The first-order valence-corrected chi connectivity index (χ1v) is 12.0. The van der Waals surface area contributed by atoms with E-state index in [1.807, 2.05) is 0 Å². The zero-order valence-electron chi connectivity index (χ0n) is 16.3. The third-order valence-electron chi connectivity index (χ3n) is 4.77. The quantitative estimate of drug-likeness (QED) is 0.544. The maximum Gasteiger partial charge on any atom is 0.211 e. The summed E-state index contributed by atoms with van der Waals surface area (Å²) < 4.78 is 24.8. The molecule has 1 aliphatic heterocycles. The molecule has 0 bridgehead atoms. The Morgan fingerprint density at radius 1 is 1.35 bits per heavy atom. The van der Waals surface area contributed by atoms with Gasteiger partial charge < -0.3 is 10.6 Å². The molecule has 0 radical (unpaired) electrons. The van der Waals surface area contributed by atoms with Crippen LogP contribution in [-0.2, 0) is 15.4 Å². The average Bonchev–Trinajstić information content (AvgIpc) is 3.12. The highest BCUT2D eigenvalue weighted by Gasteiger charge is 2.25. The molecule has 0 saturated carbocycles. The highest BCUT2D eigenvalue weighted by atomic mass is 32.2. The van der Waals surface area contributed by atoms with Crippen molar-refractivity contribution < 1.29 is 8.42 Å². The normalized spacial score (nSPS) is 18.1. The zero-order chi connectivity index (χ0) is 19.2. The maximum atomic E-state index is 11.6. The molecule has 1 aliphatic rings. The van der Waals surface area contributed by atoms with Gasteiger partial charge in [0, 0.05) is 36.5 Å². The fraction of sp³-hybridized carbons (Fsp3) is 0.722. The van der Waals surface area contributed by atoms with Crippen molar-refractivity contribution in [3.05, 3.63) is 22.4 Å². The van der Waals surface area contributed by atoms with Crippen molar-refractivity contribution in [2.75, 3.05) is 39.0 Å². The van der Waals surface area contributed by atoms with Gasteiger partial charge in [0.1, 0.15) is 0 Å². The van der Waals surface area contributed by atoms with E-state index >= 15 is 0 Å². The highest BCUT2D eigenvalue weighted by Crippen LogP contribution is 2.27. The number of nitrogens with one attached hydrogen (secondary N) is 2. The number of hydrogen-bond acceptors (Lipinski definition) is 4. The monoisotopic (exact) mass is 400 g/mol. The van der Waals surface area contributed by atoms with Crippen LogP contribution in [0.1, 0.15) is 38.5 Å². The van der Waals surface area contributed by atoms with Crippen molar-refractivity contribution in [1.82, 2.24) is 14.9 Å². The topological polar surface area (TPSA) is 73.8 Å². The van der Waals surface area contributed by atoms with E-state index in [1.165, 1.54) is 11.1 Å². The second-order valence-electron chi connectivity index (χ2n) is 7.54. The van der Waals surface area contributed by atoms with Crippen molar-refractivity contribution in [3.8, 4) is 0 Å². The van der Waals surface area contributed by atoms with Gasteiger partial charge >= 0.3 is 0 Å². The molecule has 26 heavy (non-hydrogen) atoms. The molecule has 0 aliphatic carbocycles. The van der Waals surface area contributed by atoms with E-state index in [9.17, 15) is 8.42 Å². The Morgan fingerprint density at radius 3 is 2.58 bits per heavy atom. The van der Waals surface area contributed by atoms with Crippen LogP contribution in [0.15, 0.2) is 22.5 Å². The molecule has 0 aromatic carbocycles. The first-order chi connectivity index (χ1) is 12.2. The van der Waals surface area contributed by atoms with Gasteiger partial charge in [0.25, 0.3) is 0 Å². The van der Waals surface area contributed by atoms with Crippen molar-refractivity contribution >= 4 is 27.3 Å². The average molecular weight is 401 g/mol. The summed E-state index contributed by atoms with van der Waals surface area (Å²) in [6.45, 7) is 10.1. The summed E-state index contributed by atoms with van der Waals surface area (Å²) in [4.78, 5) is 6.11. The molecule has 6 nitrogen and oxygen atoms in total. The minimum Gasteiger partial charge on any atom is -0.357 e. The molecule has 1 aromatic rings. The molecule has 0 atom stereocenters. The number of aliphatic imine (C=N–C) groups is 1. The molecular formula is C18H32N4O2S2. The van der Waals surface area contributed by atoms with Crippen molar-refractivity contribution in [1.29, 1.82) is 0 Å². The SMILES string of the molecule is CCNC(=NCC(C)(C)c1cccs1)NCC1CCN(S(C)(=O)=O)CC1. The number of sulfonamides is 1. The van der Waals surface area contributed by atoms with Gasteiger partial charge in [-0.15, -0.1) is 11.3 Å². The highest BCUT2D eigenvalue weighted by molar-refractivity contribution is 7.88. The summed E-state index contributed by atoms with van der Waals surface area (Å²) in [5, 5.41) is 8.85. The molecule has 8 heteroatoms. The van der Waals surface area contributed by atoms with Gasteiger partial charge in [-0.1, -0.05) is 19.9 Å². The van der Waals surface area contributed by atoms with Crippen LogP contribution in [0, 0.1) is 5.92 Å². The molecule has 2 rings (SSSR count). The molecular weight excluding hydrogens is 368 g/mol. The third kappa shape index (κ3) is 6.25. The molecule has 2 N–H and O–H groups in total. The molecule has 0 spiro atoms. The van der Waals surface area contributed by atoms with E-state index in [-0.39, 0.29) is 5.41 Å². The Morgan fingerprint density at radius 2 is 2.04 bits per heavy atom. The van der Waals surface area contributed by atoms with E-state index in [2.05, 4.69) is 48.9 Å². The summed E-state index contributed by atoms with van der Waals surface area (Å²) in [6.07, 6.45) is 3.07. The minimum absolute atomic E-state index is 0.0113. The molecule has 2 heterocycles. The van der Waals surface area contributed by atoms with Crippen LogP contribution < -0.4 is 10.6 Å². The number of nitrogens with zero attached hydrogens (tertiary/aromatic N) is 2. The summed E-state index contributed by atoms with van der Waals surface area (Å²) in [6, 6.07) is 4.24. The van der Waals surface area contributed by atoms with Crippen LogP contribution in [0.2, 0.25) is 0 Å². The van der Waals surface area contributed by atoms with Crippen LogP contribution >= 0.6 is 11.3 Å². The van der Waals surface area contributed by atoms with Crippen LogP contribution in [0.4, 0.5) is 0 Å². The first kappa shape index (κ1) is 21.2. The van der Waals surface area contributed by atoms with Gasteiger partial charge in [0.2, 0.25) is 10.0 Å². The number of thiophene rings is 1. The first-order valence-electron chi connectivity index (χ1n) is 9.23. The smallest absolute Gasteiger partial charge is 0.211 e. The Balaban J connectivity index is 1.86. The van der Waals surface area contributed by atoms with E-state index < -0.39 is 10.0 Å². The lowest BCUT2D eigenvalue weighted by atomic mass is 9.92. The van der Waals surface area contributed by atoms with Crippen LogP contribution in [-0.4, -0.2) is 57.7 Å². The van der Waals surface area contributed by atoms with Gasteiger partial charge in [-0.2, -0.15) is 0 Å². The van der Waals surface area contributed by atoms with E-state index in [0.29, 0.717) is 19.0 Å². The summed E-state index contributed by atoms with van der Waals surface area (Å²) in [7, 11) is -3.06. The second-order valence-corrected chi connectivity index (χ2v) is 10.5. The summed E-state index contributed by atoms with van der Waals surface area (Å²) >= 11 is 1.77. The lowest BCUT2D eigenvalue weighted by Gasteiger charge is -2.30. The number of hydrogen-bond donors (Lipinski definition) is 2. The fourth-order valence-corrected chi connectivity index (χ4v) is 4.76. The van der Waals surface area contributed by atoms with E-state index in [0.717, 1.165) is 38.4 Å². The number of guanidine groups is 1. The zero-order valence-corrected chi connectivity index (χ0v) is 17.9. The molecule has 1 fully saturated rings. The van der Waals surface area contributed by atoms with Gasteiger partial charge in [-0.3, -0.25) is 4.99 Å². The minimum atomic E-state index is -3.06. The summed E-state index contributed by atoms with van der Waals surface area (Å²) in [5.74, 6) is 1.31. The Kier molecular flexibility index (Phi) is 7.49. The molecule has 1 saturated heterocycles. The number of rotatable bonds is 7. The Labute approximate surface area is 162 Å². The van der Waals surface area contributed by atoms with Crippen LogP contribution in [0.25, 0.3) is 0 Å². The van der Waals surface area contributed by atoms with E-state index in [4.69, 9.17) is 4.99 Å². The van der Waals surface area contributed by atoms with Gasteiger partial charge in [0.15, 0.2) is 5.96 Å². The van der Waals surface area contributed by atoms with Crippen molar-refractivity contribution in [3.63, 3.8) is 0 Å². The van der Waals surface area contributed by atoms with Crippen LogP contribution in [0.3, 0.4) is 0 Å². The fourth-order valence-electron chi connectivity index (χ4n) is 3.05. The van der Waals surface area contributed by atoms with Crippen molar-refractivity contribution in [2.24, 2.45) is 10.9 Å². The van der Waals surface area contributed by atoms with Gasteiger partial charge in [-0.25, -0.2) is 12.7 Å². The molecule has 0 unspecified atom stereocenters. The molecule has 148 valence electrons. The van der Waals surface area contributed by atoms with E-state index in [1.54, 1.807) is 15.6 Å². The van der Waals surface area contributed by atoms with Gasteiger partial charge in [0.05, 0.1) is 12.8 Å². The number of piperidine rings is 1. The maximum absolute atomic E-state index is 11.6. The standard InChI is InChI=1S/C18H32N4O2S2/c1-5-19-17(21-14-18(2,3)16-7-6-12-25-16)20-13-15-8-10-22(11-9-15)26(4,23)24/h6-7,12,15H,5,8-11,13-14H2,1-4H3,(H2,19,20,21). The Bertz CT molecular complexity index is 676. The Hall–Kier alpha value is -1.12.